The highest BCUT2D eigenvalue weighted by atomic mass is 16.5. The molecule has 2 N–H and O–H groups in total. The first-order chi connectivity index (χ1) is 13.1. The molecule has 3 amide bonds. The van der Waals surface area contributed by atoms with E-state index in [1.807, 2.05) is 0 Å². The van der Waals surface area contributed by atoms with E-state index in [0.29, 0.717) is 48.9 Å². The van der Waals surface area contributed by atoms with Crippen LogP contribution in [0.1, 0.15) is 21.8 Å². The lowest BCUT2D eigenvalue weighted by atomic mass is 10.1. The van der Waals surface area contributed by atoms with Crippen LogP contribution in [0.3, 0.4) is 0 Å². The number of hydrogen-bond donors (Lipinski definition) is 2. The third-order valence-electron chi connectivity index (χ3n) is 4.24. The van der Waals surface area contributed by atoms with Gasteiger partial charge in [0.25, 0.3) is 5.91 Å². The average Bonchev–Trinajstić information content (AvgIpc) is 3.11. The van der Waals surface area contributed by atoms with Crippen LogP contribution in [0.2, 0.25) is 0 Å². The van der Waals surface area contributed by atoms with E-state index in [4.69, 9.17) is 14.0 Å². The number of aromatic nitrogens is 1. The van der Waals surface area contributed by atoms with Crippen molar-refractivity contribution in [3.8, 4) is 5.75 Å². The number of amides is 3. The molecule has 9 heteroatoms. The molecule has 0 saturated carbocycles. The Kier molecular flexibility index (Phi) is 5.92. The van der Waals surface area contributed by atoms with E-state index >= 15 is 0 Å². The summed E-state index contributed by atoms with van der Waals surface area (Å²) in [6.07, 6.45) is 0.499. The van der Waals surface area contributed by atoms with Crippen LogP contribution in [0.15, 0.2) is 28.8 Å². The van der Waals surface area contributed by atoms with E-state index < -0.39 is 0 Å². The second kappa shape index (κ2) is 8.54. The zero-order chi connectivity index (χ0) is 19.2. The first-order valence-electron chi connectivity index (χ1n) is 8.57. The van der Waals surface area contributed by atoms with E-state index in [1.54, 1.807) is 43.4 Å². The van der Waals surface area contributed by atoms with Crippen molar-refractivity contribution in [3.63, 3.8) is 0 Å². The van der Waals surface area contributed by atoms with Crippen molar-refractivity contribution in [3.05, 3.63) is 41.3 Å². The maximum absolute atomic E-state index is 12.6. The van der Waals surface area contributed by atoms with Crippen molar-refractivity contribution in [1.29, 1.82) is 0 Å². The predicted molar refractivity (Wildman–Crippen MR) is 96.8 cm³/mol. The number of urea groups is 1. The van der Waals surface area contributed by atoms with Crippen molar-refractivity contribution in [2.75, 3.05) is 39.2 Å². The van der Waals surface area contributed by atoms with Gasteiger partial charge >= 0.3 is 6.03 Å². The molecule has 0 spiro atoms. The molecule has 1 aliphatic heterocycles. The Hall–Kier alpha value is -3.07. The standard InChI is InChI=1S/C18H22N4O5/c1-25-9-7-19-17(23)16-14-11-22(8-6-15(14)27-21-16)18(24)20-12-4-3-5-13(10-12)26-2/h3-5,10H,6-9,11H2,1-2H3,(H,19,23)(H,20,24). The predicted octanol–water partition coefficient (Wildman–Crippen LogP) is 1.65. The van der Waals surface area contributed by atoms with Gasteiger partial charge in [-0.3, -0.25) is 4.79 Å². The van der Waals surface area contributed by atoms with Crippen LogP contribution in [0.5, 0.6) is 5.75 Å². The zero-order valence-corrected chi connectivity index (χ0v) is 15.3. The topological polar surface area (TPSA) is 106 Å². The lowest BCUT2D eigenvalue weighted by Gasteiger charge is -2.26. The van der Waals surface area contributed by atoms with E-state index in [1.165, 1.54) is 0 Å². The molecule has 0 saturated heterocycles. The van der Waals surface area contributed by atoms with Crippen LogP contribution in [0.4, 0.5) is 10.5 Å². The average molecular weight is 374 g/mol. The number of hydrogen-bond acceptors (Lipinski definition) is 6. The summed E-state index contributed by atoms with van der Waals surface area (Å²) in [7, 11) is 3.13. The molecule has 0 unspecified atom stereocenters. The number of anilines is 1. The molecule has 27 heavy (non-hydrogen) atoms. The lowest BCUT2D eigenvalue weighted by Crippen LogP contribution is -2.39. The molecule has 0 bridgehead atoms. The number of nitrogens with one attached hydrogen (secondary N) is 2. The molecule has 1 aromatic heterocycles. The van der Waals surface area contributed by atoms with Crippen LogP contribution >= 0.6 is 0 Å². The molecule has 0 radical (unpaired) electrons. The smallest absolute Gasteiger partial charge is 0.322 e. The van der Waals surface area contributed by atoms with Crippen LogP contribution < -0.4 is 15.4 Å². The molecule has 144 valence electrons. The summed E-state index contributed by atoms with van der Waals surface area (Å²) in [5.41, 5.74) is 1.48. The monoisotopic (exact) mass is 374 g/mol. The minimum Gasteiger partial charge on any atom is -0.497 e. The number of rotatable bonds is 6. The molecule has 2 aromatic rings. The highest BCUT2D eigenvalue weighted by Gasteiger charge is 2.29. The third kappa shape index (κ3) is 4.37. The Morgan fingerprint density at radius 2 is 2.19 bits per heavy atom. The van der Waals surface area contributed by atoms with E-state index in [9.17, 15) is 9.59 Å². The molecular weight excluding hydrogens is 352 g/mol. The zero-order valence-electron chi connectivity index (χ0n) is 15.3. The van der Waals surface area contributed by atoms with Gasteiger partial charge in [0.05, 0.1) is 20.3 Å². The number of methoxy groups -OCH3 is 2. The fourth-order valence-electron chi connectivity index (χ4n) is 2.81. The SMILES string of the molecule is COCCNC(=O)c1noc2c1CN(C(=O)Nc1cccc(OC)c1)CC2. The van der Waals surface area contributed by atoms with Crippen molar-refractivity contribution in [1.82, 2.24) is 15.4 Å². The normalized spacial score (nSPS) is 13.0. The summed E-state index contributed by atoms with van der Waals surface area (Å²) in [5, 5.41) is 9.43. The van der Waals surface area contributed by atoms with E-state index in [0.717, 1.165) is 0 Å². The third-order valence-corrected chi connectivity index (χ3v) is 4.24. The van der Waals surface area contributed by atoms with Gasteiger partial charge in [0.1, 0.15) is 11.5 Å². The molecule has 1 aromatic carbocycles. The molecule has 0 aliphatic carbocycles. The highest BCUT2D eigenvalue weighted by molar-refractivity contribution is 5.94. The lowest BCUT2D eigenvalue weighted by molar-refractivity contribution is 0.0926. The Balaban J connectivity index is 1.67. The second-order valence-corrected chi connectivity index (χ2v) is 6.02. The maximum atomic E-state index is 12.6. The molecule has 3 rings (SSSR count). The van der Waals surface area contributed by atoms with Gasteiger partial charge in [-0.25, -0.2) is 4.79 Å². The molecule has 1 aliphatic rings. The van der Waals surface area contributed by atoms with Crippen molar-refractivity contribution in [2.45, 2.75) is 13.0 Å². The van der Waals surface area contributed by atoms with Crippen LogP contribution in [-0.4, -0.2) is 55.9 Å². The second-order valence-electron chi connectivity index (χ2n) is 6.02. The Bertz CT molecular complexity index is 820. The number of carbonyl (C=O) groups excluding carboxylic acids is 2. The van der Waals surface area contributed by atoms with Gasteiger partial charge in [-0.05, 0) is 12.1 Å². The Morgan fingerprint density at radius 3 is 2.96 bits per heavy atom. The van der Waals surface area contributed by atoms with Crippen LogP contribution in [0, 0.1) is 0 Å². The van der Waals surface area contributed by atoms with Gasteiger partial charge in [0.2, 0.25) is 0 Å². The number of ether oxygens (including phenoxy) is 2. The Morgan fingerprint density at radius 1 is 1.33 bits per heavy atom. The Labute approximate surface area is 156 Å². The van der Waals surface area contributed by atoms with E-state index in [2.05, 4.69) is 15.8 Å². The number of benzene rings is 1. The first kappa shape index (κ1) is 18.7. The van der Waals surface area contributed by atoms with Gasteiger partial charge in [0.15, 0.2) is 5.69 Å². The summed E-state index contributed by atoms with van der Waals surface area (Å²) >= 11 is 0. The highest BCUT2D eigenvalue weighted by Crippen LogP contribution is 2.24. The molecule has 2 heterocycles. The summed E-state index contributed by atoms with van der Waals surface area (Å²) in [6.45, 7) is 1.50. The van der Waals surface area contributed by atoms with Gasteiger partial charge in [-0.15, -0.1) is 0 Å². The minimum atomic E-state index is -0.341. The number of carbonyl (C=O) groups is 2. The largest absolute Gasteiger partial charge is 0.497 e. The molecular formula is C18H22N4O5. The summed E-state index contributed by atoms with van der Waals surface area (Å²) in [5.74, 6) is 0.951. The van der Waals surface area contributed by atoms with Gasteiger partial charge in [-0.2, -0.15) is 0 Å². The van der Waals surface area contributed by atoms with Gasteiger partial charge in [-0.1, -0.05) is 11.2 Å². The van der Waals surface area contributed by atoms with Gasteiger partial charge in [0, 0.05) is 43.9 Å². The quantitative estimate of drug-likeness (QED) is 0.745. The van der Waals surface area contributed by atoms with E-state index in [-0.39, 0.29) is 24.2 Å². The molecule has 9 nitrogen and oxygen atoms in total. The summed E-state index contributed by atoms with van der Waals surface area (Å²) in [6, 6.07) is 6.85. The first-order valence-corrected chi connectivity index (χ1v) is 8.57. The fourth-order valence-corrected chi connectivity index (χ4v) is 2.81. The van der Waals surface area contributed by atoms with Crippen molar-refractivity contribution in [2.24, 2.45) is 0 Å². The minimum absolute atomic E-state index is 0.208. The fraction of sp³-hybridized carbons (Fsp3) is 0.389. The van der Waals surface area contributed by atoms with Crippen LogP contribution in [-0.2, 0) is 17.7 Å². The maximum Gasteiger partial charge on any atom is 0.322 e. The number of nitrogens with zero attached hydrogens (tertiary/aromatic N) is 2. The molecule has 0 fully saturated rings. The van der Waals surface area contributed by atoms with Crippen LogP contribution in [0.25, 0.3) is 0 Å². The summed E-state index contributed by atoms with van der Waals surface area (Å²) < 4.78 is 15.4. The summed E-state index contributed by atoms with van der Waals surface area (Å²) in [4.78, 5) is 26.5. The molecule has 0 atom stereocenters. The van der Waals surface area contributed by atoms with Crippen molar-refractivity contribution < 1.29 is 23.6 Å². The van der Waals surface area contributed by atoms with Gasteiger partial charge < -0.3 is 29.5 Å². The number of fused-ring (bicyclic) bond motifs is 1. The van der Waals surface area contributed by atoms with Crippen molar-refractivity contribution >= 4 is 17.6 Å².